The summed E-state index contributed by atoms with van der Waals surface area (Å²) >= 11 is 1.29. The summed E-state index contributed by atoms with van der Waals surface area (Å²) in [5.41, 5.74) is 1.56. The van der Waals surface area contributed by atoms with E-state index < -0.39 is 0 Å². The zero-order valence-electron chi connectivity index (χ0n) is 16.9. The van der Waals surface area contributed by atoms with Crippen molar-refractivity contribution in [3.8, 4) is 0 Å². The number of hydrogen-bond donors (Lipinski definition) is 1. The van der Waals surface area contributed by atoms with E-state index >= 15 is 0 Å². The summed E-state index contributed by atoms with van der Waals surface area (Å²) in [4.78, 5) is 30.4. The Bertz CT molecular complexity index is 1080. The van der Waals surface area contributed by atoms with Crippen molar-refractivity contribution in [3.05, 3.63) is 70.5 Å². The van der Waals surface area contributed by atoms with E-state index in [4.69, 9.17) is 9.72 Å². The molecule has 0 bridgehead atoms. The van der Waals surface area contributed by atoms with Crippen molar-refractivity contribution in [2.75, 3.05) is 18.9 Å². The number of fused-ring (bicyclic) bond motifs is 1. The third-order valence-electron chi connectivity index (χ3n) is 5.33. The first-order valence-electron chi connectivity index (χ1n) is 10.2. The minimum Gasteiger partial charge on any atom is -0.376 e. The van der Waals surface area contributed by atoms with Crippen LogP contribution in [0.3, 0.4) is 0 Å². The van der Waals surface area contributed by atoms with Crippen LogP contribution in [-0.2, 0) is 9.53 Å². The summed E-state index contributed by atoms with van der Waals surface area (Å²) < 4.78 is 7.24. The first-order chi connectivity index (χ1) is 14.6. The van der Waals surface area contributed by atoms with E-state index in [1.165, 1.54) is 11.8 Å². The number of nitrogens with zero attached hydrogens (tertiary/aromatic N) is 2. The number of carbonyl (C=O) groups is 1. The highest BCUT2D eigenvalue weighted by atomic mass is 32.2. The maximum Gasteiger partial charge on any atom is 0.262 e. The Morgan fingerprint density at radius 3 is 2.77 bits per heavy atom. The molecule has 2 aromatic carbocycles. The molecule has 1 aromatic heterocycles. The van der Waals surface area contributed by atoms with Gasteiger partial charge < -0.3 is 10.1 Å². The quantitative estimate of drug-likeness (QED) is 0.466. The standard InChI is InChI=1S/C23H25N3O3S/c1-16(17-8-3-2-4-9-17)26-22(28)19-11-5-6-12-20(19)25-23(26)30-15-21(27)24-14-18-10-7-13-29-18/h2-6,8-9,11-12,16,18H,7,10,13-15H2,1H3,(H,24,27)/t16-,18+/m1/s1. The highest BCUT2D eigenvalue weighted by Gasteiger charge is 2.20. The van der Waals surface area contributed by atoms with Crippen LogP contribution in [0.25, 0.3) is 10.9 Å². The molecule has 6 nitrogen and oxygen atoms in total. The number of aromatic nitrogens is 2. The summed E-state index contributed by atoms with van der Waals surface area (Å²) in [6, 6.07) is 17.0. The average Bonchev–Trinajstić information content (AvgIpc) is 3.30. The normalized spacial score (nSPS) is 17.2. The van der Waals surface area contributed by atoms with Crippen molar-refractivity contribution >= 4 is 28.6 Å². The third-order valence-corrected chi connectivity index (χ3v) is 6.28. The van der Waals surface area contributed by atoms with E-state index in [0.29, 0.717) is 22.6 Å². The number of hydrogen-bond acceptors (Lipinski definition) is 5. The molecule has 4 rings (SSSR count). The van der Waals surface area contributed by atoms with Gasteiger partial charge in [-0.1, -0.05) is 54.2 Å². The van der Waals surface area contributed by atoms with Crippen molar-refractivity contribution < 1.29 is 9.53 Å². The molecule has 1 aliphatic rings. The lowest BCUT2D eigenvalue weighted by atomic mass is 10.1. The lowest BCUT2D eigenvalue weighted by Gasteiger charge is -2.20. The molecule has 30 heavy (non-hydrogen) atoms. The van der Waals surface area contributed by atoms with Crippen molar-refractivity contribution in [1.82, 2.24) is 14.9 Å². The third kappa shape index (κ3) is 4.57. The lowest BCUT2D eigenvalue weighted by Crippen LogP contribution is -2.33. The van der Waals surface area contributed by atoms with E-state index in [0.717, 1.165) is 25.0 Å². The number of thioether (sulfide) groups is 1. The summed E-state index contributed by atoms with van der Waals surface area (Å²) in [6.07, 6.45) is 2.13. The van der Waals surface area contributed by atoms with Gasteiger partial charge in [-0.3, -0.25) is 14.2 Å². The number of amides is 1. The Labute approximate surface area is 179 Å². The smallest absolute Gasteiger partial charge is 0.262 e. The zero-order chi connectivity index (χ0) is 20.9. The van der Waals surface area contributed by atoms with Gasteiger partial charge in [0.15, 0.2) is 5.16 Å². The Kier molecular flexibility index (Phi) is 6.50. The SMILES string of the molecule is C[C@H](c1ccccc1)n1c(SCC(=O)NC[C@@H]2CCCO2)nc2ccccc2c1=O. The molecule has 2 heterocycles. The molecular weight excluding hydrogens is 398 g/mol. The maximum atomic E-state index is 13.3. The molecule has 1 aliphatic heterocycles. The lowest BCUT2D eigenvalue weighted by molar-refractivity contribution is -0.119. The minimum absolute atomic E-state index is 0.0863. The van der Waals surface area contributed by atoms with E-state index in [2.05, 4.69) is 5.32 Å². The number of nitrogens with one attached hydrogen (secondary N) is 1. The fourth-order valence-electron chi connectivity index (χ4n) is 3.66. The molecule has 0 radical (unpaired) electrons. The zero-order valence-corrected chi connectivity index (χ0v) is 17.7. The molecule has 0 unspecified atom stereocenters. The van der Waals surface area contributed by atoms with Gasteiger partial charge in [-0.15, -0.1) is 0 Å². The predicted octanol–water partition coefficient (Wildman–Crippen LogP) is 3.39. The summed E-state index contributed by atoms with van der Waals surface area (Å²) in [5.74, 6) is 0.107. The van der Waals surface area contributed by atoms with Crippen LogP contribution in [0.2, 0.25) is 0 Å². The molecule has 1 N–H and O–H groups in total. The second kappa shape index (κ2) is 9.45. The Morgan fingerprint density at radius 2 is 2.00 bits per heavy atom. The highest BCUT2D eigenvalue weighted by molar-refractivity contribution is 7.99. The maximum absolute atomic E-state index is 13.3. The Morgan fingerprint density at radius 1 is 1.23 bits per heavy atom. The molecular formula is C23H25N3O3S. The van der Waals surface area contributed by atoms with Crippen LogP contribution >= 0.6 is 11.8 Å². The molecule has 0 aliphatic carbocycles. The Hall–Kier alpha value is -2.64. The van der Waals surface area contributed by atoms with Gasteiger partial charge in [-0.25, -0.2) is 4.98 Å². The predicted molar refractivity (Wildman–Crippen MR) is 119 cm³/mol. The second-order valence-electron chi connectivity index (χ2n) is 7.40. The van der Waals surface area contributed by atoms with Crippen LogP contribution in [-0.4, -0.2) is 40.5 Å². The molecule has 2 atom stereocenters. The van der Waals surface area contributed by atoms with Crippen molar-refractivity contribution in [2.24, 2.45) is 0 Å². The van der Waals surface area contributed by atoms with Gasteiger partial charge in [0.2, 0.25) is 5.91 Å². The topological polar surface area (TPSA) is 73.2 Å². The molecule has 156 valence electrons. The summed E-state index contributed by atoms with van der Waals surface area (Å²) in [5, 5.41) is 4.05. The molecule has 7 heteroatoms. The summed E-state index contributed by atoms with van der Waals surface area (Å²) in [6.45, 7) is 3.27. The van der Waals surface area contributed by atoms with Crippen LogP contribution in [0.1, 0.15) is 31.4 Å². The van der Waals surface area contributed by atoms with Gasteiger partial charge >= 0.3 is 0 Å². The highest BCUT2D eigenvalue weighted by Crippen LogP contribution is 2.24. The van der Waals surface area contributed by atoms with E-state index in [-0.39, 0.29) is 29.4 Å². The monoisotopic (exact) mass is 423 g/mol. The van der Waals surface area contributed by atoms with Crippen LogP contribution in [0.5, 0.6) is 0 Å². The fourth-order valence-corrected chi connectivity index (χ4v) is 4.57. The molecule has 1 amide bonds. The molecule has 1 saturated heterocycles. The minimum atomic E-state index is -0.201. The van der Waals surface area contributed by atoms with Crippen LogP contribution in [0, 0.1) is 0 Å². The first-order valence-corrected chi connectivity index (χ1v) is 11.2. The first kappa shape index (κ1) is 20.6. The average molecular weight is 424 g/mol. The number of rotatable bonds is 7. The Balaban J connectivity index is 1.59. The van der Waals surface area contributed by atoms with Crippen LogP contribution in [0.15, 0.2) is 64.5 Å². The number of carbonyl (C=O) groups excluding carboxylic acids is 1. The van der Waals surface area contributed by atoms with Crippen molar-refractivity contribution in [1.29, 1.82) is 0 Å². The van der Waals surface area contributed by atoms with Gasteiger partial charge in [0.05, 0.1) is 28.8 Å². The number of benzene rings is 2. The van der Waals surface area contributed by atoms with Crippen LogP contribution in [0.4, 0.5) is 0 Å². The number of para-hydroxylation sites is 1. The van der Waals surface area contributed by atoms with Gasteiger partial charge in [0, 0.05) is 13.2 Å². The molecule has 1 fully saturated rings. The summed E-state index contributed by atoms with van der Waals surface area (Å²) in [7, 11) is 0. The molecule has 0 spiro atoms. The second-order valence-corrected chi connectivity index (χ2v) is 8.34. The molecule has 0 saturated carbocycles. The fraction of sp³-hybridized carbons (Fsp3) is 0.348. The van der Waals surface area contributed by atoms with E-state index in [1.807, 2.05) is 55.5 Å². The van der Waals surface area contributed by atoms with E-state index in [1.54, 1.807) is 10.6 Å². The van der Waals surface area contributed by atoms with Crippen LogP contribution < -0.4 is 10.9 Å². The molecule has 3 aromatic rings. The van der Waals surface area contributed by atoms with Gasteiger partial charge in [-0.05, 0) is 37.5 Å². The van der Waals surface area contributed by atoms with E-state index in [9.17, 15) is 9.59 Å². The van der Waals surface area contributed by atoms with Gasteiger partial charge in [0.1, 0.15) is 0 Å². The number of ether oxygens (including phenoxy) is 1. The van der Waals surface area contributed by atoms with Gasteiger partial charge in [-0.2, -0.15) is 0 Å². The van der Waals surface area contributed by atoms with Gasteiger partial charge in [0.25, 0.3) is 5.56 Å². The van der Waals surface area contributed by atoms with Crippen molar-refractivity contribution in [3.63, 3.8) is 0 Å². The van der Waals surface area contributed by atoms with Crippen molar-refractivity contribution in [2.45, 2.75) is 37.1 Å². The largest absolute Gasteiger partial charge is 0.376 e.